The maximum atomic E-state index is 6.54. The fourth-order valence-corrected chi connectivity index (χ4v) is 7.44. The summed E-state index contributed by atoms with van der Waals surface area (Å²) in [5.41, 5.74) is 12.7. The smallest absolute Gasteiger partial charge is 0.136 e. The minimum atomic E-state index is -0.233. The van der Waals surface area contributed by atoms with Crippen LogP contribution in [-0.4, -0.2) is 0 Å². The third-order valence-corrected chi connectivity index (χ3v) is 9.61. The Morgan fingerprint density at radius 3 is 1.98 bits per heavy atom. The molecule has 7 aromatic carbocycles. The first-order chi connectivity index (χ1) is 22.1. The van der Waals surface area contributed by atoms with E-state index in [9.17, 15) is 0 Å². The number of rotatable bonds is 4. The van der Waals surface area contributed by atoms with Gasteiger partial charge in [-0.25, -0.2) is 0 Å². The molecule has 9 rings (SSSR count). The largest absolute Gasteiger partial charge is 0.456 e. The summed E-state index contributed by atoms with van der Waals surface area (Å²) in [5, 5.41) is 4.81. The van der Waals surface area contributed by atoms with Crippen molar-refractivity contribution in [3.8, 4) is 22.3 Å². The maximum absolute atomic E-state index is 6.54. The van der Waals surface area contributed by atoms with Gasteiger partial charge in [-0.1, -0.05) is 117 Å². The molecule has 0 radical (unpaired) electrons. The van der Waals surface area contributed by atoms with E-state index in [1.165, 1.54) is 49.5 Å². The molecule has 0 atom stereocenters. The highest BCUT2D eigenvalue weighted by Crippen LogP contribution is 2.56. The molecule has 0 N–H and O–H groups in total. The molecule has 0 unspecified atom stereocenters. The van der Waals surface area contributed by atoms with Gasteiger partial charge in [0.2, 0.25) is 0 Å². The lowest BCUT2D eigenvalue weighted by Crippen LogP contribution is -2.16. The molecule has 1 aliphatic rings. The van der Waals surface area contributed by atoms with E-state index in [1.54, 1.807) is 0 Å². The van der Waals surface area contributed by atoms with E-state index < -0.39 is 0 Å². The van der Waals surface area contributed by atoms with Crippen molar-refractivity contribution >= 4 is 49.8 Å². The van der Waals surface area contributed by atoms with Crippen LogP contribution in [-0.2, 0) is 5.41 Å². The molecule has 0 amide bonds. The van der Waals surface area contributed by atoms with Crippen LogP contribution in [0.3, 0.4) is 0 Å². The van der Waals surface area contributed by atoms with Gasteiger partial charge in [-0.3, -0.25) is 0 Å². The highest BCUT2D eigenvalue weighted by atomic mass is 16.3. The molecule has 0 aliphatic heterocycles. The van der Waals surface area contributed by atoms with Crippen LogP contribution in [0, 0.1) is 0 Å². The van der Waals surface area contributed by atoms with Crippen molar-refractivity contribution < 1.29 is 4.42 Å². The molecule has 0 spiro atoms. The molecule has 0 bridgehead atoms. The summed E-state index contributed by atoms with van der Waals surface area (Å²) in [7, 11) is 0. The highest BCUT2D eigenvalue weighted by Gasteiger charge is 2.39. The number of furan rings is 1. The Bertz CT molecular complexity index is 2400. The van der Waals surface area contributed by atoms with Crippen LogP contribution in [0.2, 0.25) is 0 Å². The summed E-state index contributed by atoms with van der Waals surface area (Å²) < 4.78 is 6.54. The van der Waals surface area contributed by atoms with Crippen molar-refractivity contribution in [2.75, 3.05) is 4.90 Å². The molecule has 1 heterocycles. The molecule has 45 heavy (non-hydrogen) atoms. The van der Waals surface area contributed by atoms with Crippen molar-refractivity contribution in [3.63, 3.8) is 0 Å². The molecule has 1 aliphatic carbocycles. The van der Waals surface area contributed by atoms with Gasteiger partial charge in [0, 0.05) is 38.8 Å². The summed E-state index contributed by atoms with van der Waals surface area (Å²) >= 11 is 0. The van der Waals surface area contributed by atoms with Gasteiger partial charge in [-0.15, -0.1) is 0 Å². The Balaban J connectivity index is 1.30. The molecule has 2 nitrogen and oxygen atoms in total. The lowest BCUT2D eigenvalue weighted by molar-refractivity contribution is 0.647. The van der Waals surface area contributed by atoms with Gasteiger partial charge in [0.15, 0.2) is 0 Å². The minimum Gasteiger partial charge on any atom is -0.456 e. The Labute approximate surface area is 262 Å². The number of fused-ring (bicyclic) bond motifs is 7. The topological polar surface area (TPSA) is 16.4 Å². The average molecular weight is 578 g/mol. The number of para-hydroxylation sites is 2. The highest BCUT2D eigenvalue weighted by molar-refractivity contribution is 6.17. The molecule has 214 valence electrons. The van der Waals surface area contributed by atoms with E-state index in [2.05, 4.69) is 170 Å². The standard InChI is InChI=1S/C43H31NO/c1-43(2)36-26-33(44(31-17-7-4-8-18-31)32-22-21-28-13-9-10-16-30(28)25-32)23-24-34(36)41-37(43)27-39-42(35-19-11-12-20-38(35)45-39)40(41)29-14-5-3-6-15-29/h3-27H,1-2H3. The van der Waals surface area contributed by atoms with Gasteiger partial charge >= 0.3 is 0 Å². The molecule has 1 aromatic heterocycles. The lowest BCUT2D eigenvalue weighted by atomic mass is 9.81. The van der Waals surface area contributed by atoms with Crippen LogP contribution in [0.25, 0.3) is 55.0 Å². The first-order valence-corrected chi connectivity index (χ1v) is 15.6. The van der Waals surface area contributed by atoms with E-state index >= 15 is 0 Å². The second-order valence-corrected chi connectivity index (χ2v) is 12.6. The number of hydrogen-bond donors (Lipinski definition) is 0. The zero-order chi connectivity index (χ0) is 30.1. The molecule has 0 saturated carbocycles. The predicted molar refractivity (Wildman–Crippen MR) is 189 cm³/mol. The summed E-state index contributed by atoms with van der Waals surface area (Å²) in [6, 6.07) is 54.6. The number of anilines is 3. The van der Waals surface area contributed by atoms with E-state index in [0.717, 1.165) is 33.6 Å². The van der Waals surface area contributed by atoms with E-state index in [4.69, 9.17) is 4.42 Å². The fourth-order valence-electron chi connectivity index (χ4n) is 7.44. The number of benzene rings is 7. The van der Waals surface area contributed by atoms with Crippen molar-refractivity contribution in [3.05, 3.63) is 163 Å². The van der Waals surface area contributed by atoms with Gasteiger partial charge in [-0.05, 0) is 87.1 Å². The summed E-state index contributed by atoms with van der Waals surface area (Å²) in [5.74, 6) is 0. The van der Waals surface area contributed by atoms with E-state index in [0.29, 0.717) is 0 Å². The van der Waals surface area contributed by atoms with Gasteiger partial charge in [-0.2, -0.15) is 0 Å². The molecular formula is C43H31NO. The molecule has 8 aromatic rings. The zero-order valence-electron chi connectivity index (χ0n) is 25.3. The predicted octanol–water partition coefficient (Wildman–Crippen LogP) is 12.2. The number of nitrogens with zero attached hydrogens (tertiary/aromatic N) is 1. The second-order valence-electron chi connectivity index (χ2n) is 12.6. The molecular weight excluding hydrogens is 546 g/mol. The first kappa shape index (κ1) is 25.9. The minimum absolute atomic E-state index is 0.233. The van der Waals surface area contributed by atoms with Gasteiger partial charge in [0.1, 0.15) is 11.2 Å². The Morgan fingerprint density at radius 1 is 0.489 bits per heavy atom. The van der Waals surface area contributed by atoms with Crippen molar-refractivity contribution in [1.82, 2.24) is 0 Å². The van der Waals surface area contributed by atoms with Gasteiger partial charge in [0.05, 0.1) is 0 Å². The van der Waals surface area contributed by atoms with Crippen LogP contribution in [0.4, 0.5) is 17.1 Å². The quantitative estimate of drug-likeness (QED) is 0.207. The Kier molecular flexibility index (Phi) is 5.58. The lowest BCUT2D eigenvalue weighted by Gasteiger charge is -2.28. The summed E-state index contributed by atoms with van der Waals surface area (Å²) in [6.45, 7) is 4.71. The monoisotopic (exact) mass is 577 g/mol. The summed E-state index contributed by atoms with van der Waals surface area (Å²) in [4.78, 5) is 2.38. The van der Waals surface area contributed by atoms with Crippen molar-refractivity contribution in [1.29, 1.82) is 0 Å². The number of hydrogen-bond acceptors (Lipinski definition) is 2. The van der Waals surface area contributed by atoms with Crippen LogP contribution in [0.1, 0.15) is 25.0 Å². The fraction of sp³-hybridized carbons (Fsp3) is 0.0698. The maximum Gasteiger partial charge on any atom is 0.136 e. The van der Waals surface area contributed by atoms with Crippen LogP contribution < -0.4 is 4.90 Å². The summed E-state index contributed by atoms with van der Waals surface area (Å²) in [6.07, 6.45) is 0. The third kappa shape index (κ3) is 3.89. The first-order valence-electron chi connectivity index (χ1n) is 15.6. The van der Waals surface area contributed by atoms with Crippen molar-refractivity contribution in [2.24, 2.45) is 0 Å². The average Bonchev–Trinajstić information content (AvgIpc) is 3.56. The van der Waals surface area contributed by atoms with E-state index in [1.807, 2.05) is 0 Å². The Hall–Kier alpha value is -5.60. The Morgan fingerprint density at radius 2 is 1.16 bits per heavy atom. The molecule has 0 fully saturated rings. The molecule has 0 saturated heterocycles. The van der Waals surface area contributed by atoms with Crippen LogP contribution in [0.15, 0.2) is 156 Å². The van der Waals surface area contributed by atoms with E-state index in [-0.39, 0.29) is 5.41 Å². The SMILES string of the molecule is CC1(C)c2cc(N(c3ccccc3)c3ccc4ccccc4c3)ccc2-c2c1cc1oc3ccccc3c1c2-c1ccccc1. The van der Waals surface area contributed by atoms with Gasteiger partial charge < -0.3 is 9.32 Å². The van der Waals surface area contributed by atoms with Crippen LogP contribution in [0.5, 0.6) is 0 Å². The normalized spacial score (nSPS) is 13.3. The second kappa shape index (κ2) is 9.70. The zero-order valence-corrected chi connectivity index (χ0v) is 25.3. The van der Waals surface area contributed by atoms with Gasteiger partial charge in [0.25, 0.3) is 0 Å². The van der Waals surface area contributed by atoms with Crippen molar-refractivity contribution in [2.45, 2.75) is 19.3 Å². The van der Waals surface area contributed by atoms with Crippen LogP contribution >= 0.6 is 0 Å². The molecule has 2 heteroatoms. The third-order valence-electron chi connectivity index (χ3n) is 9.61.